The molecule has 0 saturated carbocycles. The first kappa shape index (κ1) is 18.4. The Hall–Kier alpha value is -1.93. The van der Waals surface area contributed by atoms with Crippen molar-refractivity contribution in [2.75, 3.05) is 11.0 Å². The van der Waals surface area contributed by atoms with Gasteiger partial charge in [0.25, 0.3) is 0 Å². The molecule has 0 radical (unpaired) electrons. The summed E-state index contributed by atoms with van der Waals surface area (Å²) in [7, 11) is -3.36. The Bertz CT molecular complexity index is 844. The minimum atomic E-state index is -3.36. The van der Waals surface area contributed by atoms with Crippen molar-refractivity contribution in [1.29, 1.82) is 0 Å². The molecule has 2 N–H and O–H groups in total. The lowest BCUT2D eigenvalue weighted by atomic mass is 10.00. The van der Waals surface area contributed by atoms with Crippen LogP contribution in [0.5, 0.6) is 0 Å². The number of aromatic nitrogens is 1. The maximum Gasteiger partial charge on any atom is 0.231 e. The van der Waals surface area contributed by atoms with Crippen molar-refractivity contribution < 1.29 is 13.2 Å². The van der Waals surface area contributed by atoms with E-state index in [4.69, 9.17) is 0 Å². The van der Waals surface area contributed by atoms with Gasteiger partial charge in [-0.1, -0.05) is 23.8 Å². The molecule has 0 fully saturated rings. The molecule has 1 heterocycles. The van der Waals surface area contributed by atoms with Crippen LogP contribution in [0.4, 0.5) is 5.13 Å². The van der Waals surface area contributed by atoms with Gasteiger partial charge in [-0.2, -0.15) is 0 Å². The van der Waals surface area contributed by atoms with Gasteiger partial charge < -0.3 is 5.32 Å². The van der Waals surface area contributed by atoms with Gasteiger partial charge in [-0.15, -0.1) is 11.3 Å². The summed E-state index contributed by atoms with van der Waals surface area (Å²) in [6, 6.07) is 6.04. The van der Waals surface area contributed by atoms with Crippen molar-refractivity contribution in [3.05, 3.63) is 46.0 Å². The van der Waals surface area contributed by atoms with Gasteiger partial charge in [-0.25, -0.2) is 13.4 Å². The SMILES string of the molecule is Cc1ccc(C)c(C(C)NC(=O)Cc2csc(NS(C)(=O)=O)n2)c1. The summed E-state index contributed by atoms with van der Waals surface area (Å²) in [4.78, 5) is 16.3. The van der Waals surface area contributed by atoms with E-state index in [9.17, 15) is 13.2 Å². The molecule has 0 bridgehead atoms. The largest absolute Gasteiger partial charge is 0.349 e. The van der Waals surface area contributed by atoms with Crippen molar-refractivity contribution >= 4 is 32.4 Å². The van der Waals surface area contributed by atoms with Crippen molar-refractivity contribution in [3.63, 3.8) is 0 Å². The van der Waals surface area contributed by atoms with Crippen LogP contribution in [0.25, 0.3) is 0 Å². The zero-order valence-corrected chi connectivity index (χ0v) is 15.7. The number of rotatable bonds is 6. The number of sulfonamides is 1. The number of anilines is 1. The molecule has 0 aliphatic rings. The molecular formula is C16H21N3O3S2. The summed E-state index contributed by atoms with van der Waals surface area (Å²) < 4.78 is 24.6. The number of hydrogen-bond donors (Lipinski definition) is 2. The monoisotopic (exact) mass is 367 g/mol. The molecule has 0 spiro atoms. The molecular weight excluding hydrogens is 346 g/mol. The molecule has 1 unspecified atom stereocenters. The highest BCUT2D eigenvalue weighted by Gasteiger charge is 2.14. The number of carbonyl (C=O) groups excluding carboxylic acids is 1. The zero-order valence-electron chi connectivity index (χ0n) is 14.1. The van der Waals surface area contributed by atoms with Crippen molar-refractivity contribution in [1.82, 2.24) is 10.3 Å². The molecule has 8 heteroatoms. The standard InChI is InChI=1S/C16H21N3O3S2/c1-10-5-6-11(2)14(7-10)12(3)17-15(20)8-13-9-23-16(18-13)19-24(4,21)22/h5-7,9,12H,8H2,1-4H3,(H,17,20)(H,18,19). The maximum absolute atomic E-state index is 12.2. The van der Waals surface area contributed by atoms with Crippen LogP contribution in [0, 0.1) is 13.8 Å². The van der Waals surface area contributed by atoms with Gasteiger partial charge in [0, 0.05) is 5.38 Å². The fraction of sp³-hybridized carbons (Fsp3) is 0.375. The highest BCUT2D eigenvalue weighted by Crippen LogP contribution is 2.20. The molecule has 1 aromatic heterocycles. The number of benzene rings is 1. The van der Waals surface area contributed by atoms with Crippen LogP contribution in [-0.4, -0.2) is 25.6 Å². The first-order valence-electron chi connectivity index (χ1n) is 7.43. The fourth-order valence-electron chi connectivity index (χ4n) is 2.35. The van der Waals surface area contributed by atoms with Crippen LogP contribution < -0.4 is 10.0 Å². The number of amides is 1. The van der Waals surface area contributed by atoms with Gasteiger partial charge in [0.05, 0.1) is 24.4 Å². The molecule has 1 atom stereocenters. The predicted octanol–water partition coefficient (Wildman–Crippen LogP) is 2.55. The summed E-state index contributed by atoms with van der Waals surface area (Å²) in [6.45, 7) is 5.97. The van der Waals surface area contributed by atoms with Crippen LogP contribution >= 0.6 is 11.3 Å². The van der Waals surface area contributed by atoms with Crippen molar-refractivity contribution in [3.8, 4) is 0 Å². The first-order valence-corrected chi connectivity index (χ1v) is 10.2. The average molecular weight is 367 g/mol. The Morgan fingerprint density at radius 2 is 2.04 bits per heavy atom. The number of hydrogen-bond acceptors (Lipinski definition) is 5. The number of aryl methyl sites for hydroxylation is 2. The van der Waals surface area contributed by atoms with Gasteiger partial charge >= 0.3 is 0 Å². The Labute approximate surface area is 146 Å². The summed E-state index contributed by atoms with van der Waals surface area (Å²) in [5.74, 6) is -0.153. The second-order valence-electron chi connectivity index (χ2n) is 5.84. The molecule has 0 saturated heterocycles. The number of carbonyl (C=O) groups is 1. The lowest BCUT2D eigenvalue weighted by Gasteiger charge is -2.17. The quantitative estimate of drug-likeness (QED) is 0.821. The van der Waals surface area contributed by atoms with E-state index in [2.05, 4.69) is 21.1 Å². The van der Waals surface area contributed by atoms with E-state index < -0.39 is 10.0 Å². The van der Waals surface area contributed by atoms with E-state index in [1.807, 2.05) is 32.9 Å². The molecule has 1 aromatic carbocycles. The lowest BCUT2D eigenvalue weighted by Crippen LogP contribution is -2.28. The minimum absolute atomic E-state index is 0.107. The van der Waals surface area contributed by atoms with Gasteiger partial charge in [0.2, 0.25) is 15.9 Å². The van der Waals surface area contributed by atoms with Crippen LogP contribution in [0.3, 0.4) is 0 Å². The third-order valence-corrected chi connectivity index (χ3v) is 4.94. The van der Waals surface area contributed by atoms with E-state index in [0.29, 0.717) is 5.69 Å². The summed E-state index contributed by atoms with van der Waals surface area (Å²) in [5, 5.41) is 4.90. The summed E-state index contributed by atoms with van der Waals surface area (Å²) in [6.07, 6.45) is 1.17. The van der Waals surface area contributed by atoms with Crippen LogP contribution in [0.2, 0.25) is 0 Å². The molecule has 0 aliphatic heterocycles. The molecule has 6 nitrogen and oxygen atoms in total. The molecule has 130 valence electrons. The Morgan fingerprint density at radius 3 is 2.71 bits per heavy atom. The molecule has 2 rings (SSSR count). The predicted molar refractivity (Wildman–Crippen MR) is 96.8 cm³/mol. The highest BCUT2D eigenvalue weighted by molar-refractivity contribution is 7.92. The van der Waals surface area contributed by atoms with Crippen LogP contribution in [0.1, 0.15) is 35.3 Å². The van der Waals surface area contributed by atoms with Gasteiger partial charge in [-0.05, 0) is 31.9 Å². The first-order chi connectivity index (χ1) is 11.1. The summed E-state index contributed by atoms with van der Waals surface area (Å²) >= 11 is 1.16. The van der Waals surface area contributed by atoms with Crippen molar-refractivity contribution in [2.24, 2.45) is 0 Å². The minimum Gasteiger partial charge on any atom is -0.349 e. The third-order valence-electron chi connectivity index (χ3n) is 3.44. The van der Waals surface area contributed by atoms with Crippen LogP contribution in [-0.2, 0) is 21.2 Å². The fourth-order valence-corrected chi connectivity index (χ4v) is 3.92. The van der Waals surface area contributed by atoms with Crippen molar-refractivity contribution in [2.45, 2.75) is 33.2 Å². The van der Waals surface area contributed by atoms with E-state index in [1.165, 1.54) is 0 Å². The number of nitrogens with one attached hydrogen (secondary N) is 2. The molecule has 1 amide bonds. The Balaban J connectivity index is 1.99. The summed E-state index contributed by atoms with van der Waals surface area (Å²) in [5.41, 5.74) is 3.90. The number of thiazole rings is 1. The van der Waals surface area contributed by atoms with E-state index >= 15 is 0 Å². The third kappa shape index (κ3) is 5.31. The molecule has 2 aromatic rings. The van der Waals surface area contributed by atoms with E-state index in [0.717, 1.165) is 34.3 Å². The second-order valence-corrected chi connectivity index (χ2v) is 8.45. The van der Waals surface area contributed by atoms with Gasteiger partial charge in [0.15, 0.2) is 5.13 Å². The van der Waals surface area contributed by atoms with E-state index in [-0.39, 0.29) is 23.5 Å². The molecule has 0 aliphatic carbocycles. The normalized spacial score (nSPS) is 12.7. The second kappa shape index (κ2) is 7.31. The van der Waals surface area contributed by atoms with Gasteiger partial charge in [-0.3, -0.25) is 9.52 Å². The Kier molecular flexibility index (Phi) is 5.61. The average Bonchev–Trinajstić information content (AvgIpc) is 2.86. The lowest BCUT2D eigenvalue weighted by molar-refractivity contribution is -0.121. The molecule has 24 heavy (non-hydrogen) atoms. The van der Waals surface area contributed by atoms with Gasteiger partial charge in [0.1, 0.15) is 0 Å². The zero-order chi connectivity index (χ0) is 17.9. The Morgan fingerprint density at radius 1 is 1.33 bits per heavy atom. The number of nitrogens with zero attached hydrogens (tertiary/aromatic N) is 1. The topological polar surface area (TPSA) is 88.2 Å². The highest BCUT2D eigenvalue weighted by atomic mass is 32.2. The smallest absolute Gasteiger partial charge is 0.231 e. The van der Waals surface area contributed by atoms with E-state index in [1.54, 1.807) is 5.38 Å². The maximum atomic E-state index is 12.2. The van der Waals surface area contributed by atoms with Crippen LogP contribution in [0.15, 0.2) is 23.6 Å².